The van der Waals surface area contributed by atoms with Crippen molar-refractivity contribution >= 4 is 5.97 Å². The van der Waals surface area contributed by atoms with Crippen LogP contribution < -0.4 is 0 Å². The van der Waals surface area contributed by atoms with Crippen LogP contribution in [-0.4, -0.2) is 34.4 Å². The highest BCUT2D eigenvalue weighted by molar-refractivity contribution is 5.72. The third-order valence-corrected chi connectivity index (χ3v) is 6.74. The Hall–Kier alpha value is -0.690. The summed E-state index contributed by atoms with van der Waals surface area (Å²) in [5.41, 5.74) is 0. The molecule has 150 valence electrons. The van der Waals surface area contributed by atoms with Gasteiger partial charge in [-0.05, 0) is 57.3 Å². The van der Waals surface area contributed by atoms with Crippen molar-refractivity contribution in [3.63, 3.8) is 0 Å². The lowest BCUT2D eigenvalue weighted by Gasteiger charge is -2.50. The van der Waals surface area contributed by atoms with Crippen LogP contribution in [0.4, 0.5) is 0 Å². The monoisotopic (exact) mass is 370 g/mol. The number of ether oxygens (including phenoxy) is 1. The molecular weight excluding hydrogens is 336 g/mol. The van der Waals surface area contributed by atoms with Gasteiger partial charge in [0.2, 0.25) is 5.79 Å². The van der Waals surface area contributed by atoms with Crippen molar-refractivity contribution in [2.24, 2.45) is 29.6 Å². The van der Waals surface area contributed by atoms with Crippen LogP contribution in [0.2, 0.25) is 0 Å². The standard InChI is InChI=1S/C20H34O6/c1-4-24-18(21)16-5-7-19(22,8-6-16)25-26-20(23)14(3)11-15-9-13(2)10-17(20)12-15/h13-17,22-23H,4-12H2,1-3H3. The summed E-state index contributed by atoms with van der Waals surface area (Å²) in [4.78, 5) is 22.9. The predicted octanol–water partition coefficient (Wildman–Crippen LogP) is 3.16. The van der Waals surface area contributed by atoms with E-state index in [0.717, 1.165) is 19.3 Å². The molecule has 0 aliphatic heterocycles. The topological polar surface area (TPSA) is 85.2 Å². The van der Waals surface area contributed by atoms with Crippen LogP contribution in [0.1, 0.15) is 72.1 Å². The van der Waals surface area contributed by atoms with Gasteiger partial charge in [0.1, 0.15) is 0 Å². The fourth-order valence-corrected chi connectivity index (χ4v) is 5.29. The van der Waals surface area contributed by atoms with E-state index in [2.05, 4.69) is 6.92 Å². The Balaban J connectivity index is 1.57. The fourth-order valence-electron chi connectivity index (χ4n) is 5.29. The number of hydrogen-bond donors (Lipinski definition) is 2. The van der Waals surface area contributed by atoms with Gasteiger partial charge in [-0.1, -0.05) is 13.8 Å². The van der Waals surface area contributed by atoms with Crippen LogP contribution in [0, 0.1) is 29.6 Å². The summed E-state index contributed by atoms with van der Waals surface area (Å²) >= 11 is 0. The third-order valence-electron chi connectivity index (χ3n) is 6.74. The van der Waals surface area contributed by atoms with Gasteiger partial charge in [0.15, 0.2) is 5.79 Å². The van der Waals surface area contributed by atoms with Gasteiger partial charge >= 0.3 is 5.97 Å². The minimum atomic E-state index is -1.45. The number of rotatable bonds is 5. The highest BCUT2D eigenvalue weighted by Gasteiger charge is 2.53. The number of carbonyl (C=O) groups is 1. The lowest BCUT2D eigenvalue weighted by molar-refractivity contribution is -0.521. The van der Waals surface area contributed by atoms with Gasteiger partial charge in [-0.25, -0.2) is 0 Å². The lowest BCUT2D eigenvalue weighted by Crippen LogP contribution is -2.55. The summed E-state index contributed by atoms with van der Waals surface area (Å²) < 4.78 is 5.06. The van der Waals surface area contributed by atoms with Crippen LogP contribution in [0.3, 0.4) is 0 Å². The maximum absolute atomic E-state index is 11.8. The molecule has 3 aliphatic rings. The molecule has 5 atom stereocenters. The summed E-state index contributed by atoms with van der Waals surface area (Å²) in [7, 11) is 0. The highest BCUT2D eigenvalue weighted by atomic mass is 17.2. The predicted molar refractivity (Wildman–Crippen MR) is 94.4 cm³/mol. The quantitative estimate of drug-likeness (QED) is 0.335. The minimum Gasteiger partial charge on any atom is -0.466 e. The molecule has 3 saturated carbocycles. The molecule has 3 aliphatic carbocycles. The largest absolute Gasteiger partial charge is 0.466 e. The number of carbonyl (C=O) groups excluding carboxylic acids is 1. The highest BCUT2D eigenvalue weighted by Crippen LogP contribution is 2.51. The second-order valence-electron chi connectivity index (χ2n) is 8.90. The molecule has 5 unspecified atom stereocenters. The van der Waals surface area contributed by atoms with E-state index in [0.29, 0.717) is 44.1 Å². The Bertz CT molecular complexity index is 497. The first-order valence-corrected chi connectivity index (χ1v) is 10.2. The molecule has 0 amide bonds. The smallest absolute Gasteiger partial charge is 0.308 e. The minimum absolute atomic E-state index is 0.0294. The molecule has 0 saturated heterocycles. The van der Waals surface area contributed by atoms with Crippen molar-refractivity contribution < 1.29 is 29.5 Å². The van der Waals surface area contributed by atoms with Gasteiger partial charge in [0.25, 0.3) is 0 Å². The fraction of sp³-hybridized carbons (Fsp3) is 0.950. The molecule has 3 rings (SSSR count). The maximum atomic E-state index is 11.8. The second kappa shape index (κ2) is 7.74. The SMILES string of the molecule is CCOC(=O)C1CCC(O)(OOC2(O)C(C)CC3CC(C)CC2C3)CC1. The molecule has 3 fully saturated rings. The zero-order valence-electron chi connectivity index (χ0n) is 16.3. The number of aliphatic hydroxyl groups is 2. The Morgan fingerprint density at radius 2 is 1.73 bits per heavy atom. The molecule has 6 heteroatoms. The molecule has 2 bridgehead atoms. The maximum Gasteiger partial charge on any atom is 0.308 e. The van der Waals surface area contributed by atoms with Gasteiger partial charge < -0.3 is 14.9 Å². The van der Waals surface area contributed by atoms with Crippen molar-refractivity contribution in [3.8, 4) is 0 Å². The second-order valence-corrected chi connectivity index (χ2v) is 8.90. The summed E-state index contributed by atoms with van der Waals surface area (Å²) in [6.07, 6.45) is 5.60. The normalized spacial score (nSPS) is 46.0. The molecule has 26 heavy (non-hydrogen) atoms. The summed E-state index contributed by atoms with van der Waals surface area (Å²) in [6.45, 7) is 6.38. The molecular formula is C20H34O6. The molecule has 0 aromatic heterocycles. The third kappa shape index (κ3) is 4.08. The molecule has 0 spiro atoms. The summed E-state index contributed by atoms with van der Waals surface area (Å²) in [6, 6.07) is 0. The van der Waals surface area contributed by atoms with Crippen LogP contribution >= 0.6 is 0 Å². The van der Waals surface area contributed by atoms with Gasteiger partial charge in [-0.15, -0.1) is 0 Å². The molecule has 0 aromatic rings. The van der Waals surface area contributed by atoms with Crippen molar-refractivity contribution in [3.05, 3.63) is 0 Å². The first kappa shape index (κ1) is 20.1. The average molecular weight is 370 g/mol. The number of esters is 1. The summed E-state index contributed by atoms with van der Waals surface area (Å²) in [5, 5.41) is 21.9. The van der Waals surface area contributed by atoms with E-state index in [1.807, 2.05) is 6.92 Å². The zero-order chi connectivity index (χ0) is 18.9. The van der Waals surface area contributed by atoms with Gasteiger partial charge in [-0.3, -0.25) is 4.79 Å². The van der Waals surface area contributed by atoms with E-state index in [1.54, 1.807) is 6.92 Å². The Labute approximate surface area is 156 Å². The van der Waals surface area contributed by atoms with Crippen LogP contribution in [0.15, 0.2) is 0 Å². The van der Waals surface area contributed by atoms with Crippen molar-refractivity contribution in [1.29, 1.82) is 0 Å². The average Bonchev–Trinajstić information content (AvgIpc) is 2.59. The molecule has 6 nitrogen and oxygen atoms in total. The van der Waals surface area contributed by atoms with Crippen LogP contribution in [-0.2, 0) is 19.3 Å². The van der Waals surface area contributed by atoms with E-state index in [9.17, 15) is 15.0 Å². The Kier molecular flexibility index (Phi) is 5.97. The first-order valence-electron chi connectivity index (χ1n) is 10.2. The van der Waals surface area contributed by atoms with Gasteiger partial charge in [0.05, 0.1) is 12.5 Å². The Morgan fingerprint density at radius 1 is 1.04 bits per heavy atom. The Morgan fingerprint density at radius 3 is 2.38 bits per heavy atom. The van der Waals surface area contributed by atoms with E-state index in [4.69, 9.17) is 14.5 Å². The number of hydrogen-bond acceptors (Lipinski definition) is 6. The summed E-state index contributed by atoms with van der Waals surface area (Å²) in [5.74, 6) is -1.98. The van der Waals surface area contributed by atoms with Crippen molar-refractivity contribution in [2.75, 3.05) is 6.61 Å². The van der Waals surface area contributed by atoms with Crippen LogP contribution in [0.5, 0.6) is 0 Å². The van der Waals surface area contributed by atoms with Crippen molar-refractivity contribution in [2.45, 2.75) is 83.7 Å². The van der Waals surface area contributed by atoms with E-state index >= 15 is 0 Å². The van der Waals surface area contributed by atoms with Crippen molar-refractivity contribution in [1.82, 2.24) is 0 Å². The van der Waals surface area contributed by atoms with Crippen LogP contribution in [0.25, 0.3) is 0 Å². The van der Waals surface area contributed by atoms with Gasteiger partial charge in [0, 0.05) is 24.7 Å². The molecule has 0 heterocycles. The zero-order valence-corrected chi connectivity index (χ0v) is 16.3. The molecule has 2 N–H and O–H groups in total. The van der Waals surface area contributed by atoms with E-state index in [-0.39, 0.29) is 23.7 Å². The lowest BCUT2D eigenvalue weighted by atomic mass is 9.62. The van der Waals surface area contributed by atoms with E-state index in [1.165, 1.54) is 6.42 Å². The van der Waals surface area contributed by atoms with Gasteiger partial charge in [-0.2, -0.15) is 9.78 Å². The van der Waals surface area contributed by atoms with E-state index < -0.39 is 11.6 Å². The molecule has 0 radical (unpaired) electrons. The first-order chi connectivity index (χ1) is 12.3. The molecule has 0 aromatic carbocycles. The number of fused-ring (bicyclic) bond motifs is 2.